The molecule has 0 radical (unpaired) electrons. The minimum atomic E-state index is 0.834. The van der Waals surface area contributed by atoms with E-state index in [4.69, 9.17) is 4.74 Å². The Morgan fingerprint density at radius 3 is 2.94 bits per heavy atom. The summed E-state index contributed by atoms with van der Waals surface area (Å²) >= 11 is 0. The third-order valence-corrected chi connectivity index (χ3v) is 4.12. The summed E-state index contributed by atoms with van der Waals surface area (Å²) in [4.78, 5) is 2.73. The Kier molecular flexibility index (Phi) is 5.07. The Hall–Kier alpha value is -0.120. The predicted molar refractivity (Wildman–Crippen MR) is 66.7 cm³/mol. The number of hydrogen-bond donors (Lipinski definition) is 1. The fourth-order valence-corrected chi connectivity index (χ4v) is 3.28. The molecule has 0 aliphatic carbocycles. The van der Waals surface area contributed by atoms with Gasteiger partial charge in [0.15, 0.2) is 0 Å². The van der Waals surface area contributed by atoms with Gasteiger partial charge in [-0.1, -0.05) is 6.42 Å². The van der Waals surface area contributed by atoms with Crippen LogP contribution < -0.4 is 5.32 Å². The monoisotopic (exact) mass is 226 g/mol. The summed E-state index contributed by atoms with van der Waals surface area (Å²) in [5, 5.41) is 3.54. The fraction of sp³-hybridized carbons (Fsp3) is 1.00. The van der Waals surface area contributed by atoms with E-state index in [0.29, 0.717) is 0 Å². The van der Waals surface area contributed by atoms with Gasteiger partial charge in [0.2, 0.25) is 0 Å². The highest BCUT2D eigenvalue weighted by Crippen LogP contribution is 2.30. The van der Waals surface area contributed by atoms with Crippen LogP contribution in [0.25, 0.3) is 0 Å². The van der Waals surface area contributed by atoms with Crippen molar-refractivity contribution in [3.8, 4) is 0 Å². The Morgan fingerprint density at radius 2 is 2.06 bits per heavy atom. The summed E-state index contributed by atoms with van der Waals surface area (Å²) in [6.45, 7) is 5.71. The lowest BCUT2D eigenvalue weighted by Gasteiger charge is -2.44. The third kappa shape index (κ3) is 3.19. The van der Waals surface area contributed by atoms with Gasteiger partial charge >= 0.3 is 0 Å². The van der Waals surface area contributed by atoms with Gasteiger partial charge in [0, 0.05) is 19.7 Å². The van der Waals surface area contributed by atoms with Gasteiger partial charge < -0.3 is 15.0 Å². The molecule has 0 aromatic rings. The molecule has 2 saturated heterocycles. The first-order valence-corrected chi connectivity index (χ1v) is 6.85. The predicted octanol–water partition coefficient (Wildman–Crippen LogP) is 1.49. The molecule has 0 bridgehead atoms. The molecule has 1 N–H and O–H groups in total. The van der Waals surface area contributed by atoms with E-state index >= 15 is 0 Å². The van der Waals surface area contributed by atoms with Gasteiger partial charge in [-0.05, 0) is 51.2 Å². The van der Waals surface area contributed by atoms with Crippen molar-refractivity contribution in [1.82, 2.24) is 10.2 Å². The molecule has 2 aliphatic rings. The summed E-state index contributed by atoms with van der Waals surface area (Å²) < 4.78 is 5.06. The van der Waals surface area contributed by atoms with Crippen LogP contribution in [0.1, 0.15) is 32.1 Å². The second kappa shape index (κ2) is 6.58. The van der Waals surface area contributed by atoms with Gasteiger partial charge in [-0.15, -0.1) is 0 Å². The molecule has 16 heavy (non-hydrogen) atoms. The van der Waals surface area contributed by atoms with Crippen molar-refractivity contribution in [3.63, 3.8) is 0 Å². The summed E-state index contributed by atoms with van der Waals surface area (Å²) in [6.07, 6.45) is 7.10. The van der Waals surface area contributed by atoms with Crippen molar-refractivity contribution in [2.45, 2.75) is 38.1 Å². The van der Waals surface area contributed by atoms with E-state index in [1.807, 2.05) is 0 Å². The van der Waals surface area contributed by atoms with Crippen molar-refractivity contribution in [2.24, 2.45) is 5.92 Å². The van der Waals surface area contributed by atoms with Gasteiger partial charge in [-0.25, -0.2) is 0 Å². The lowest BCUT2D eigenvalue weighted by Crippen LogP contribution is -2.50. The Balaban J connectivity index is 1.74. The average molecular weight is 226 g/mol. The van der Waals surface area contributed by atoms with Crippen molar-refractivity contribution < 1.29 is 4.74 Å². The molecule has 0 amide bonds. The maximum absolute atomic E-state index is 5.06. The maximum atomic E-state index is 5.06. The zero-order valence-corrected chi connectivity index (χ0v) is 10.6. The number of methoxy groups -OCH3 is 1. The molecule has 3 heteroatoms. The molecular formula is C13H26N2O. The van der Waals surface area contributed by atoms with Crippen molar-refractivity contribution in [3.05, 3.63) is 0 Å². The minimum absolute atomic E-state index is 0.834. The van der Waals surface area contributed by atoms with Crippen LogP contribution in [-0.2, 0) is 4.74 Å². The van der Waals surface area contributed by atoms with E-state index in [1.165, 1.54) is 51.7 Å². The Bertz CT molecular complexity index is 196. The topological polar surface area (TPSA) is 24.5 Å². The molecular weight excluding hydrogens is 200 g/mol. The van der Waals surface area contributed by atoms with E-state index < -0.39 is 0 Å². The minimum Gasteiger partial charge on any atom is -0.383 e. The molecule has 2 aliphatic heterocycles. The number of ether oxygens (including phenoxy) is 1. The van der Waals surface area contributed by atoms with Crippen molar-refractivity contribution in [2.75, 3.05) is 39.9 Å². The summed E-state index contributed by atoms with van der Waals surface area (Å²) in [5.41, 5.74) is 0. The number of nitrogens with zero attached hydrogens (tertiary/aromatic N) is 1. The van der Waals surface area contributed by atoms with E-state index in [9.17, 15) is 0 Å². The van der Waals surface area contributed by atoms with Crippen LogP contribution in [0.2, 0.25) is 0 Å². The fourth-order valence-electron chi connectivity index (χ4n) is 3.28. The standard InChI is InChI=1S/C13H26N2O/c1-16-10-7-14-11-12-5-4-9-15-8-3-2-6-13(12)15/h12-14H,2-11H2,1H3/t12-,13+/m0/s1. The number of nitrogens with one attached hydrogen (secondary N) is 1. The molecule has 2 rings (SSSR count). The third-order valence-electron chi connectivity index (χ3n) is 4.12. The molecule has 2 atom stereocenters. The van der Waals surface area contributed by atoms with Gasteiger partial charge in [0.1, 0.15) is 0 Å². The number of hydrogen-bond acceptors (Lipinski definition) is 3. The van der Waals surface area contributed by atoms with Gasteiger partial charge in [0.25, 0.3) is 0 Å². The van der Waals surface area contributed by atoms with Crippen molar-refractivity contribution >= 4 is 0 Å². The maximum Gasteiger partial charge on any atom is 0.0587 e. The summed E-state index contributed by atoms with van der Waals surface area (Å²) in [6, 6.07) is 0.873. The highest BCUT2D eigenvalue weighted by molar-refractivity contribution is 4.87. The summed E-state index contributed by atoms with van der Waals surface area (Å²) in [5.74, 6) is 0.880. The number of rotatable bonds is 5. The van der Waals surface area contributed by atoms with Crippen LogP contribution >= 0.6 is 0 Å². The molecule has 0 aromatic heterocycles. The second-order valence-electron chi connectivity index (χ2n) is 5.20. The molecule has 94 valence electrons. The lowest BCUT2D eigenvalue weighted by atomic mass is 9.83. The van der Waals surface area contributed by atoms with Crippen molar-refractivity contribution in [1.29, 1.82) is 0 Å². The van der Waals surface area contributed by atoms with E-state index in [0.717, 1.165) is 25.1 Å². The molecule has 3 nitrogen and oxygen atoms in total. The largest absolute Gasteiger partial charge is 0.383 e. The van der Waals surface area contributed by atoms with Gasteiger partial charge in [-0.3, -0.25) is 0 Å². The van der Waals surface area contributed by atoms with E-state index in [1.54, 1.807) is 7.11 Å². The first-order chi connectivity index (χ1) is 7.92. The van der Waals surface area contributed by atoms with Crippen LogP contribution in [-0.4, -0.2) is 50.8 Å². The number of piperidine rings is 2. The van der Waals surface area contributed by atoms with Crippen LogP contribution in [0.3, 0.4) is 0 Å². The quantitative estimate of drug-likeness (QED) is 0.719. The average Bonchev–Trinajstić information content (AvgIpc) is 2.35. The van der Waals surface area contributed by atoms with Crippen LogP contribution in [0.4, 0.5) is 0 Å². The number of fused-ring (bicyclic) bond motifs is 1. The van der Waals surface area contributed by atoms with E-state index in [-0.39, 0.29) is 0 Å². The smallest absolute Gasteiger partial charge is 0.0587 e. The molecule has 2 fully saturated rings. The Morgan fingerprint density at radius 1 is 1.19 bits per heavy atom. The highest BCUT2D eigenvalue weighted by Gasteiger charge is 2.32. The Labute approximate surface area is 99.5 Å². The first-order valence-electron chi connectivity index (χ1n) is 6.85. The molecule has 0 aromatic carbocycles. The highest BCUT2D eigenvalue weighted by atomic mass is 16.5. The summed E-state index contributed by atoms with van der Waals surface area (Å²) in [7, 11) is 1.77. The van der Waals surface area contributed by atoms with Gasteiger partial charge in [-0.2, -0.15) is 0 Å². The molecule has 0 unspecified atom stereocenters. The zero-order chi connectivity index (χ0) is 11.2. The van der Waals surface area contributed by atoms with Crippen LogP contribution in [0.15, 0.2) is 0 Å². The first kappa shape index (κ1) is 12.3. The van der Waals surface area contributed by atoms with Crippen LogP contribution in [0, 0.1) is 5.92 Å². The zero-order valence-electron chi connectivity index (χ0n) is 10.6. The van der Waals surface area contributed by atoms with Crippen LogP contribution in [0.5, 0.6) is 0 Å². The van der Waals surface area contributed by atoms with Gasteiger partial charge in [0.05, 0.1) is 6.61 Å². The lowest BCUT2D eigenvalue weighted by molar-refractivity contribution is 0.0586. The molecule has 0 saturated carbocycles. The van der Waals surface area contributed by atoms with E-state index in [2.05, 4.69) is 10.2 Å². The molecule has 0 spiro atoms. The normalized spacial score (nSPS) is 31.3. The molecule has 2 heterocycles. The SMILES string of the molecule is COCCNC[C@@H]1CCCN2CCCC[C@H]12. The second-order valence-corrected chi connectivity index (χ2v) is 5.20.